The zero-order valence-electron chi connectivity index (χ0n) is 11.9. The molecule has 1 nitrogen and oxygen atoms in total. The van der Waals surface area contributed by atoms with Crippen molar-refractivity contribution >= 4 is 5.78 Å². The van der Waals surface area contributed by atoms with Crippen molar-refractivity contribution in [3.63, 3.8) is 0 Å². The molecular formula is C16H26O. The highest BCUT2D eigenvalue weighted by atomic mass is 16.1. The quantitative estimate of drug-likeness (QED) is 0.671. The van der Waals surface area contributed by atoms with Crippen molar-refractivity contribution in [2.45, 2.75) is 47.0 Å². The number of rotatable bonds is 4. The van der Waals surface area contributed by atoms with E-state index in [1.54, 1.807) is 13.0 Å². The third kappa shape index (κ3) is 7.51. The van der Waals surface area contributed by atoms with Crippen LogP contribution in [0.3, 0.4) is 0 Å². The van der Waals surface area contributed by atoms with Crippen molar-refractivity contribution in [3.8, 4) is 0 Å². The van der Waals surface area contributed by atoms with Gasteiger partial charge in [-0.05, 0) is 18.9 Å². The average molecular weight is 234 g/mol. The number of carbonyl (C=O) groups excluding carboxylic acids is 1. The van der Waals surface area contributed by atoms with Gasteiger partial charge in [0, 0.05) is 5.92 Å². The lowest BCUT2D eigenvalue weighted by molar-refractivity contribution is -0.118. The summed E-state index contributed by atoms with van der Waals surface area (Å²) in [7, 11) is 0. The summed E-state index contributed by atoms with van der Waals surface area (Å²) < 4.78 is 0. The molecule has 0 aromatic heterocycles. The molecule has 0 heterocycles. The maximum Gasteiger partial charge on any atom is 0.137 e. The third-order valence-corrected chi connectivity index (χ3v) is 2.10. The molecule has 0 aliphatic carbocycles. The first kappa shape index (κ1) is 18.0. The first-order chi connectivity index (χ1) is 8.25. The number of hydrogen-bond acceptors (Lipinski definition) is 1. The summed E-state index contributed by atoms with van der Waals surface area (Å²) in [6, 6.07) is 9.82. The minimum absolute atomic E-state index is 0.0151. The summed E-state index contributed by atoms with van der Waals surface area (Å²) in [5.41, 5.74) is 1.08. The molecule has 0 amide bonds. The molecule has 1 unspecified atom stereocenters. The Balaban J connectivity index is 0. The summed E-state index contributed by atoms with van der Waals surface area (Å²) in [6.45, 7) is 13.3. The van der Waals surface area contributed by atoms with Crippen LogP contribution < -0.4 is 0 Å². The Hall–Kier alpha value is -1.37. The van der Waals surface area contributed by atoms with E-state index in [-0.39, 0.29) is 11.7 Å². The lowest BCUT2D eigenvalue weighted by atomic mass is 9.92. The van der Waals surface area contributed by atoms with Gasteiger partial charge in [0.25, 0.3) is 0 Å². The largest absolute Gasteiger partial charge is 0.299 e. The smallest absolute Gasteiger partial charge is 0.137 e. The van der Waals surface area contributed by atoms with Crippen LogP contribution in [-0.2, 0) is 4.79 Å². The van der Waals surface area contributed by atoms with E-state index in [0.717, 1.165) is 12.0 Å². The van der Waals surface area contributed by atoms with Crippen LogP contribution in [0.15, 0.2) is 43.0 Å². The summed E-state index contributed by atoms with van der Waals surface area (Å²) in [5.74, 6) is 0.185. The van der Waals surface area contributed by atoms with Crippen molar-refractivity contribution in [1.82, 2.24) is 0 Å². The van der Waals surface area contributed by atoms with Crippen LogP contribution in [0.1, 0.15) is 52.5 Å². The van der Waals surface area contributed by atoms with Crippen LogP contribution in [0.4, 0.5) is 0 Å². The zero-order chi connectivity index (χ0) is 13.7. The van der Waals surface area contributed by atoms with E-state index in [1.807, 2.05) is 58.0 Å². The van der Waals surface area contributed by atoms with Crippen molar-refractivity contribution < 1.29 is 4.79 Å². The van der Waals surface area contributed by atoms with E-state index in [4.69, 9.17) is 0 Å². The molecule has 0 spiro atoms. The Kier molecular flexibility index (Phi) is 13.5. The van der Waals surface area contributed by atoms with E-state index in [0.29, 0.717) is 0 Å². The predicted octanol–water partition coefficient (Wildman–Crippen LogP) is 4.99. The molecule has 0 aliphatic heterocycles. The molecule has 1 aromatic rings. The van der Waals surface area contributed by atoms with E-state index in [2.05, 4.69) is 6.58 Å². The Bertz CT molecular complexity index is 288. The van der Waals surface area contributed by atoms with Gasteiger partial charge in [0.05, 0.1) is 0 Å². The van der Waals surface area contributed by atoms with Crippen LogP contribution in [0.2, 0.25) is 0 Å². The fourth-order valence-corrected chi connectivity index (χ4v) is 1.39. The Morgan fingerprint density at radius 3 is 2.00 bits per heavy atom. The van der Waals surface area contributed by atoms with Crippen molar-refractivity contribution in [3.05, 3.63) is 48.6 Å². The Labute approximate surface area is 107 Å². The van der Waals surface area contributed by atoms with Crippen LogP contribution >= 0.6 is 0 Å². The summed E-state index contributed by atoms with van der Waals surface area (Å²) in [5, 5.41) is 0. The molecule has 17 heavy (non-hydrogen) atoms. The molecule has 1 aromatic carbocycles. The molecule has 1 atom stereocenters. The van der Waals surface area contributed by atoms with Crippen molar-refractivity contribution in [2.75, 3.05) is 0 Å². The lowest BCUT2D eigenvalue weighted by Gasteiger charge is -2.10. The number of Topliss-reactive ketones (excluding diaryl/α,β-unsaturated/α-hetero) is 1. The van der Waals surface area contributed by atoms with Gasteiger partial charge in [-0.1, -0.05) is 64.1 Å². The maximum atomic E-state index is 11.3. The summed E-state index contributed by atoms with van der Waals surface area (Å²) in [4.78, 5) is 11.3. The second kappa shape index (κ2) is 12.7. The SMILES string of the molecule is C=CCC(C(C)=O)c1ccccc1.CC.CC. The molecule has 96 valence electrons. The molecule has 0 saturated carbocycles. The van der Waals surface area contributed by atoms with Gasteiger partial charge in [0.1, 0.15) is 5.78 Å². The molecule has 0 radical (unpaired) electrons. The average Bonchev–Trinajstić information content (AvgIpc) is 2.41. The molecule has 1 heteroatoms. The molecule has 0 fully saturated rings. The highest BCUT2D eigenvalue weighted by Gasteiger charge is 2.13. The monoisotopic (exact) mass is 234 g/mol. The number of carbonyl (C=O) groups is 1. The fraction of sp³-hybridized carbons (Fsp3) is 0.438. The van der Waals surface area contributed by atoms with E-state index in [9.17, 15) is 4.79 Å². The normalized spacial score (nSPS) is 9.94. The van der Waals surface area contributed by atoms with Gasteiger partial charge < -0.3 is 0 Å². The minimum atomic E-state index is -0.0151. The fourth-order valence-electron chi connectivity index (χ4n) is 1.39. The number of hydrogen-bond donors (Lipinski definition) is 0. The molecule has 1 rings (SSSR count). The predicted molar refractivity (Wildman–Crippen MR) is 77.4 cm³/mol. The van der Waals surface area contributed by atoms with Gasteiger partial charge in [-0.15, -0.1) is 6.58 Å². The van der Waals surface area contributed by atoms with Crippen molar-refractivity contribution in [2.24, 2.45) is 0 Å². The molecule has 0 bridgehead atoms. The standard InChI is InChI=1S/C12H14O.2C2H6/c1-3-7-12(10(2)13)11-8-5-4-6-9-11;2*1-2/h3-6,8-9,12H,1,7H2,2H3;2*1-2H3. The number of allylic oxidation sites excluding steroid dienone is 1. The van der Waals surface area contributed by atoms with Crippen LogP contribution in [0.5, 0.6) is 0 Å². The highest BCUT2D eigenvalue weighted by molar-refractivity contribution is 5.83. The second-order valence-corrected chi connectivity index (χ2v) is 3.10. The van der Waals surface area contributed by atoms with Gasteiger partial charge >= 0.3 is 0 Å². The molecule has 0 aliphatic rings. The minimum Gasteiger partial charge on any atom is -0.299 e. The van der Waals surface area contributed by atoms with Crippen molar-refractivity contribution in [1.29, 1.82) is 0 Å². The van der Waals surface area contributed by atoms with E-state index < -0.39 is 0 Å². The maximum absolute atomic E-state index is 11.3. The topological polar surface area (TPSA) is 17.1 Å². The van der Waals surface area contributed by atoms with E-state index in [1.165, 1.54) is 0 Å². The highest BCUT2D eigenvalue weighted by Crippen LogP contribution is 2.20. The third-order valence-electron chi connectivity index (χ3n) is 2.10. The summed E-state index contributed by atoms with van der Waals surface area (Å²) >= 11 is 0. The van der Waals surface area contributed by atoms with Gasteiger partial charge in [-0.2, -0.15) is 0 Å². The van der Waals surface area contributed by atoms with Gasteiger partial charge in [0.15, 0.2) is 0 Å². The first-order valence-corrected chi connectivity index (χ1v) is 6.42. The Morgan fingerprint density at radius 2 is 1.65 bits per heavy atom. The second-order valence-electron chi connectivity index (χ2n) is 3.10. The molecule has 0 saturated heterocycles. The van der Waals surface area contributed by atoms with Gasteiger partial charge in [0.2, 0.25) is 0 Å². The summed E-state index contributed by atoms with van der Waals surface area (Å²) in [6.07, 6.45) is 2.51. The Morgan fingerprint density at radius 1 is 1.18 bits per heavy atom. The molecular weight excluding hydrogens is 208 g/mol. The van der Waals surface area contributed by atoms with Crippen LogP contribution in [-0.4, -0.2) is 5.78 Å². The number of benzene rings is 1. The van der Waals surface area contributed by atoms with Gasteiger partial charge in [-0.3, -0.25) is 4.79 Å². The zero-order valence-corrected chi connectivity index (χ0v) is 11.9. The van der Waals surface area contributed by atoms with Gasteiger partial charge in [-0.25, -0.2) is 0 Å². The molecule has 0 N–H and O–H groups in total. The van der Waals surface area contributed by atoms with E-state index >= 15 is 0 Å². The number of ketones is 1. The van der Waals surface area contributed by atoms with Crippen LogP contribution in [0.25, 0.3) is 0 Å². The first-order valence-electron chi connectivity index (χ1n) is 6.42. The lowest BCUT2D eigenvalue weighted by Crippen LogP contribution is -2.07. The van der Waals surface area contributed by atoms with Crippen LogP contribution in [0, 0.1) is 0 Å².